The zero-order chi connectivity index (χ0) is 53.4. The van der Waals surface area contributed by atoms with E-state index >= 15 is 13.2 Å². The summed E-state index contributed by atoms with van der Waals surface area (Å²) in [7, 11) is -4.80. The highest BCUT2D eigenvalue weighted by atomic mass is 32.2. The predicted octanol–water partition coefficient (Wildman–Crippen LogP) is 5.70. The van der Waals surface area contributed by atoms with E-state index in [2.05, 4.69) is 50.6 Å². The summed E-state index contributed by atoms with van der Waals surface area (Å²) in [5.74, 6) is -1.73. The standard InChI is InChI=1S/C40H43F9N14O6S4/c1-20-15-62(72(66,67)22-10-55-61(5)17-22)8-6-25(20)56-34-52-11-23(38(41,42)43)30(58-34)27-13-50-32(70-27)36(3,64)37(65,40(47,48)49)33-51-14-28(71-33)31-24(39(44,45)46)12-53-35(59-31)57-26-7-9-63(16-21(26)2)73(68,69)29-18-60(4)19-54-29/h10-14,17-21,25-26,64-65H,6-9,15-16H2,1-5H3,(H,52,56,58)(H,53,57,59)/t20-,21-,25+,26+,36?,37?/m1/s1. The van der Waals surface area contributed by atoms with Crippen molar-refractivity contribution in [2.24, 2.45) is 25.9 Å². The number of aryl methyl sites for hydroxylation is 2. The number of halogens is 9. The third-order valence-corrected chi connectivity index (χ3v) is 18.4. The number of aliphatic hydroxyl groups is 2. The zero-order valence-electron chi connectivity index (χ0n) is 38.6. The predicted molar refractivity (Wildman–Crippen MR) is 242 cm³/mol. The van der Waals surface area contributed by atoms with Gasteiger partial charge < -0.3 is 25.4 Å². The number of nitrogens with zero attached hydrogens (tertiary/aromatic N) is 12. The normalized spacial score (nSPS) is 21.7. The third kappa shape index (κ3) is 10.2. The maximum absolute atomic E-state index is 15.3. The van der Waals surface area contributed by atoms with Crippen molar-refractivity contribution in [3.8, 4) is 21.1 Å². The molecule has 0 aromatic carbocycles. The van der Waals surface area contributed by atoms with Crippen molar-refractivity contribution in [3.63, 3.8) is 0 Å². The SMILES string of the molecule is C[C@@H]1CN(S(=O)(=O)c2cnn(C)c2)CC[C@@H]1Nc1ncc(C(F)(F)F)c(-c2cnc(C(C)(O)C(O)(c3ncc(-c4nc(N[C@H]5CCN(S(=O)(=O)c6cn(C)cn6)C[C@H]5C)ncc4C(F)(F)F)s3)C(F)(F)F)s2)n1. The highest BCUT2D eigenvalue weighted by Gasteiger charge is 2.69. The molecule has 20 nitrogen and oxygen atoms in total. The Labute approximate surface area is 417 Å². The first-order chi connectivity index (χ1) is 33.8. The number of alkyl halides is 9. The number of hydrogen-bond acceptors (Lipinski definition) is 18. The Morgan fingerprint density at radius 3 is 1.56 bits per heavy atom. The molecule has 2 saturated heterocycles. The van der Waals surface area contributed by atoms with Crippen molar-refractivity contribution < 1.29 is 66.6 Å². The minimum absolute atomic E-state index is 0.00562. The van der Waals surface area contributed by atoms with E-state index in [1.807, 2.05) is 0 Å². The van der Waals surface area contributed by atoms with Gasteiger partial charge in [-0.3, -0.25) is 4.68 Å². The highest BCUT2D eigenvalue weighted by Crippen LogP contribution is 2.54. The van der Waals surface area contributed by atoms with Crippen molar-refractivity contribution >= 4 is 54.6 Å². The van der Waals surface area contributed by atoms with E-state index in [0.717, 1.165) is 0 Å². The van der Waals surface area contributed by atoms with Crippen LogP contribution in [0.4, 0.5) is 51.4 Å². The second-order valence-electron chi connectivity index (χ2n) is 17.7. The molecule has 0 spiro atoms. The number of aromatic nitrogens is 10. The number of piperidine rings is 2. The van der Waals surface area contributed by atoms with Crippen LogP contribution >= 0.6 is 22.7 Å². The highest BCUT2D eigenvalue weighted by molar-refractivity contribution is 7.89. The van der Waals surface area contributed by atoms with E-state index in [1.165, 1.54) is 42.8 Å². The molecule has 2 fully saturated rings. The number of anilines is 2. The van der Waals surface area contributed by atoms with Gasteiger partial charge in [0.25, 0.3) is 10.0 Å². The summed E-state index contributed by atoms with van der Waals surface area (Å²) in [5, 5.41) is 30.5. The fourth-order valence-corrected chi connectivity index (χ4v) is 13.6. The first-order valence-electron chi connectivity index (χ1n) is 21.7. The lowest BCUT2D eigenvalue weighted by Gasteiger charge is -2.39. The van der Waals surface area contributed by atoms with Gasteiger partial charge >= 0.3 is 18.5 Å². The first kappa shape index (κ1) is 53.8. The van der Waals surface area contributed by atoms with Crippen LogP contribution in [0.2, 0.25) is 0 Å². The zero-order valence-corrected chi connectivity index (χ0v) is 41.9. The molecule has 396 valence electrons. The van der Waals surface area contributed by atoms with Gasteiger partial charge in [0.05, 0.1) is 33.7 Å². The first-order valence-corrected chi connectivity index (χ1v) is 26.2. The van der Waals surface area contributed by atoms with Gasteiger partial charge in [0.1, 0.15) is 26.0 Å². The lowest BCUT2D eigenvalue weighted by molar-refractivity contribution is -0.327. The summed E-state index contributed by atoms with van der Waals surface area (Å²) in [6, 6.07) is -1.19. The molecule has 0 radical (unpaired) electrons. The van der Waals surface area contributed by atoms with Crippen molar-refractivity contribution in [2.75, 3.05) is 36.8 Å². The summed E-state index contributed by atoms with van der Waals surface area (Å²) >= 11 is -0.0359. The molecular weight excluding hydrogens is 1070 g/mol. The minimum atomic E-state index is -5.88. The van der Waals surface area contributed by atoms with Crippen LogP contribution in [-0.4, -0.2) is 129 Å². The van der Waals surface area contributed by atoms with Crippen LogP contribution in [0.25, 0.3) is 21.1 Å². The molecule has 0 amide bonds. The topological polar surface area (TPSA) is 252 Å². The molecule has 2 unspecified atom stereocenters. The van der Waals surface area contributed by atoms with Crippen molar-refractivity contribution in [1.29, 1.82) is 0 Å². The number of rotatable bonds is 13. The van der Waals surface area contributed by atoms with E-state index in [0.29, 0.717) is 31.7 Å². The molecule has 0 bridgehead atoms. The van der Waals surface area contributed by atoms with Crippen LogP contribution in [0, 0.1) is 11.8 Å². The Morgan fingerprint density at radius 1 is 0.658 bits per heavy atom. The van der Waals surface area contributed by atoms with Gasteiger partial charge in [-0.2, -0.15) is 53.2 Å². The monoisotopic (exact) mass is 1110 g/mol. The van der Waals surface area contributed by atoms with Crippen molar-refractivity contribution in [1.82, 2.24) is 57.8 Å². The average molecular weight is 1120 g/mol. The summed E-state index contributed by atoms with van der Waals surface area (Å²) in [4.78, 5) is 25.6. The van der Waals surface area contributed by atoms with Gasteiger partial charge in [-0.25, -0.2) is 51.7 Å². The molecule has 6 aromatic heterocycles. The van der Waals surface area contributed by atoms with Crippen LogP contribution in [0.3, 0.4) is 0 Å². The summed E-state index contributed by atoms with van der Waals surface area (Å²) in [6.07, 6.45) is -8.76. The van der Waals surface area contributed by atoms with Gasteiger partial charge in [0.2, 0.25) is 27.5 Å². The van der Waals surface area contributed by atoms with E-state index < -0.39 is 122 Å². The molecule has 6 atom stereocenters. The maximum Gasteiger partial charge on any atom is 0.427 e. The Balaban J connectivity index is 1.05. The maximum atomic E-state index is 15.3. The number of nitrogens with one attached hydrogen (secondary N) is 2. The van der Waals surface area contributed by atoms with Gasteiger partial charge in [0, 0.05) is 89.5 Å². The Kier molecular flexibility index (Phi) is 14.0. The lowest BCUT2D eigenvalue weighted by Crippen LogP contribution is -2.57. The Bertz CT molecular complexity index is 3230. The summed E-state index contributed by atoms with van der Waals surface area (Å²) < 4.78 is 191. The molecule has 0 saturated carbocycles. The largest absolute Gasteiger partial charge is 0.427 e. The van der Waals surface area contributed by atoms with E-state index in [4.69, 9.17) is 0 Å². The van der Waals surface area contributed by atoms with E-state index in [9.17, 15) is 53.4 Å². The van der Waals surface area contributed by atoms with Gasteiger partial charge in [-0.05, 0) is 31.6 Å². The van der Waals surface area contributed by atoms with Crippen LogP contribution in [0.15, 0.2) is 59.6 Å². The van der Waals surface area contributed by atoms with Crippen LogP contribution < -0.4 is 10.6 Å². The quantitative estimate of drug-likeness (QED) is 0.101. The lowest BCUT2D eigenvalue weighted by atomic mass is 9.84. The van der Waals surface area contributed by atoms with Gasteiger partial charge in [-0.15, -0.1) is 22.7 Å². The Hall–Kier alpha value is -5.45. The molecule has 4 N–H and O–H groups in total. The van der Waals surface area contributed by atoms with Crippen LogP contribution in [0.1, 0.15) is 54.8 Å². The van der Waals surface area contributed by atoms with Gasteiger partial charge in [-0.1, -0.05) is 13.8 Å². The molecule has 6 aromatic rings. The number of hydrogen-bond donors (Lipinski definition) is 4. The third-order valence-electron chi connectivity index (χ3n) is 12.5. The molecule has 33 heteroatoms. The van der Waals surface area contributed by atoms with E-state index in [1.54, 1.807) is 27.9 Å². The number of thiazole rings is 2. The Morgan fingerprint density at radius 2 is 1.14 bits per heavy atom. The average Bonchev–Trinajstić information content (AvgIpc) is 4.15. The fraction of sp³-hybridized carbons (Fsp3) is 0.500. The minimum Gasteiger partial charge on any atom is -0.379 e. The number of imidazole rings is 1. The fourth-order valence-electron chi connectivity index (χ4n) is 8.36. The van der Waals surface area contributed by atoms with Crippen molar-refractivity contribution in [2.45, 2.75) is 85.3 Å². The molecule has 0 aliphatic carbocycles. The molecular formula is C40H43F9N14O6S4. The molecule has 2 aliphatic heterocycles. The summed E-state index contributed by atoms with van der Waals surface area (Å²) in [5.41, 5.74) is -12.9. The molecule has 8 heterocycles. The van der Waals surface area contributed by atoms with E-state index in [-0.39, 0.29) is 77.6 Å². The van der Waals surface area contributed by atoms with Crippen LogP contribution in [-0.2, 0) is 57.7 Å². The molecule has 2 aliphatic rings. The van der Waals surface area contributed by atoms with Crippen molar-refractivity contribution in [3.05, 3.63) is 70.8 Å². The number of sulfonamides is 2. The smallest absolute Gasteiger partial charge is 0.379 e. The summed E-state index contributed by atoms with van der Waals surface area (Å²) in [6.45, 7) is 3.72. The second kappa shape index (κ2) is 19.0. The van der Waals surface area contributed by atoms with Crippen LogP contribution in [0.5, 0.6) is 0 Å². The molecule has 73 heavy (non-hydrogen) atoms. The molecule has 8 rings (SSSR count). The second-order valence-corrected chi connectivity index (χ2v) is 23.6. The van der Waals surface area contributed by atoms with Gasteiger partial charge in [0.15, 0.2) is 10.6 Å².